The third-order valence-corrected chi connectivity index (χ3v) is 4.02. The Labute approximate surface area is 92.2 Å². The van der Waals surface area contributed by atoms with Crippen molar-refractivity contribution in [3.63, 3.8) is 0 Å². The minimum atomic E-state index is -2.84. The number of aliphatic hydroxyl groups excluding tert-OH is 1. The maximum Gasteiger partial charge on any atom is 0.148 e. The summed E-state index contributed by atoms with van der Waals surface area (Å²) in [6.07, 6.45) is 2.99. The fraction of sp³-hybridized carbons (Fsp3) is 1.00. The van der Waals surface area contributed by atoms with Crippen LogP contribution in [0.15, 0.2) is 0 Å². The van der Waals surface area contributed by atoms with Gasteiger partial charge in [0.05, 0.1) is 11.9 Å². The van der Waals surface area contributed by atoms with Gasteiger partial charge in [0.2, 0.25) is 0 Å². The number of nitrogens with zero attached hydrogens (tertiary/aromatic N) is 1. The van der Waals surface area contributed by atoms with Gasteiger partial charge in [-0.1, -0.05) is 0 Å². The molecule has 0 saturated carbocycles. The van der Waals surface area contributed by atoms with Gasteiger partial charge in [-0.15, -0.1) is 0 Å². The number of rotatable bonds is 4. The molecule has 0 aromatic rings. The van der Waals surface area contributed by atoms with Gasteiger partial charge < -0.3 is 10.0 Å². The first-order valence-electron chi connectivity index (χ1n) is 5.46. The van der Waals surface area contributed by atoms with E-state index in [9.17, 15) is 13.5 Å². The fourth-order valence-corrected chi connectivity index (χ4v) is 2.54. The third kappa shape index (κ3) is 4.95. The van der Waals surface area contributed by atoms with Crippen molar-refractivity contribution in [1.82, 2.24) is 4.90 Å². The van der Waals surface area contributed by atoms with Crippen LogP contribution in [0.4, 0.5) is 0 Å². The maximum atomic E-state index is 11.0. The van der Waals surface area contributed by atoms with Gasteiger partial charge in [0.25, 0.3) is 0 Å². The molecule has 0 aromatic heterocycles. The molecule has 1 N–H and O–H groups in total. The second kappa shape index (κ2) is 5.27. The molecule has 90 valence electrons. The monoisotopic (exact) mass is 235 g/mol. The molecule has 1 heterocycles. The second-order valence-corrected chi connectivity index (χ2v) is 6.81. The minimum Gasteiger partial charge on any atom is -0.393 e. The van der Waals surface area contributed by atoms with E-state index in [1.165, 1.54) is 6.26 Å². The molecule has 0 spiro atoms. The summed E-state index contributed by atoms with van der Waals surface area (Å²) in [5.41, 5.74) is 0. The average Bonchev–Trinajstić information content (AvgIpc) is 2.14. The topological polar surface area (TPSA) is 57.6 Å². The Morgan fingerprint density at radius 1 is 1.40 bits per heavy atom. The first kappa shape index (κ1) is 12.9. The molecule has 1 fully saturated rings. The fourth-order valence-electron chi connectivity index (χ4n) is 1.95. The lowest BCUT2D eigenvalue weighted by molar-refractivity contribution is 0.0739. The van der Waals surface area contributed by atoms with Crippen molar-refractivity contribution in [2.45, 2.75) is 25.9 Å². The highest BCUT2D eigenvalue weighted by Crippen LogP contribution is 2.20. The molecule has 0 aliphatic carbocycles. The first-order valence-corrected chi connectivity index (χ1v) is 7.52. The van der Waals surface area contributed by atoms with E-state index in [4.69, 9.17) is 0 Å². The summed E-state index contributed by atoms with van der Waals surface area (Å²) >= 11 is 0. The number of aliphatic hydroxyl groups is 1. The Morgan fingerprint density at radius 2 is 1.93 bits per heavy atom. The molecular formula is C10H21NO3S. The highest BCUT2D eigenvalue weighted by atomic mass is 32.2. The lowest BCUT2D eigenvalue weighted by Crippen LogP contribution is -2.39. The number of hydrogen-bond acceptors (Lipinski definition) is 4. The molecule has 1 aliphatic heterocycles. The highest BCUT2D eigenvalue weighted by Gasteiger charge is 2.22. The van der Waals surface area contributed by atoms with Gasteiger partial charge in [-0.2, -0.15) is 0 Å². The van der Waals surface area contributed by atoms with Crippen molar-refractivity contribution in [3.8, 4) is 0 Å². The molecular weight excluding hydrogens is 214 g/mol. The molecule has 1 atom stereocenters. The summed E-state index contributed by atoms with van der Waals surface area (Å²) in [6.45, 7) is 4.28. The molecule has 1 saturated heterocycles. The Morgan fingerprint density at radius 3 is 2.33 bits per heavy atom. The van der Waals surface area contributed by atoms with Crippen LogP contribution in [0.1, 0.15) is 19.8 Å². The largest absolute Gasteiger partial charge is 0.393 e. The molecule has 0 aromatic carbocycles. The van der Waals surface area contributed by atoms with Crippen LogP contribution in [-0.2, 0) is 9.84 Å². The zero-order valence-electron chi connectivity index (χ0n) is 9.52. The van der Waals surface area contributed by atoms with Gasteiger partial charge >= 0.3 is 0 Å². The molecule has 15 heavy (non-hydrogen) atoms. The van der Waals surface area contributed by atoms with Crippen LogP contribution < -0.4 is 0 Å². The molecule has 4 nitrogen and oxygen atoms in total. The smallest absolute Gasteiger partial charge is 0.148 e. The highest BCUT2D eigenvalue weighted by molar-refractivity contribution is 7.90. The van der Waals surface area contributed by atoms with Crippen LogP contribution in [0, 0.1) is 5.92 Å². The number of hydrogen-bond donors (Lipinski definition) is 1. The van der Waals surface area contributed by atoms with Crippen molar-refractivity contribution in [3.05, 3.63) is 0 Å². The van der Waals surface area contributed by atoms with Gasteiger partial charge in [-0.25, -0.2) is 8.42 Å². The van der Waals surface area contributed by atoms with E-state index in [1.54, 1.807) is 0 Å². The molecule has 1 unspecified atom stereocenters. The Bertz CT molecular complexity index is 279. The third-order valence-electron chi connectivity index (χ3n) is 3.09. The predicted octanol–water partition coefficient (Wildman–Crippen LogP) is 0.124. The second-order valence-electron chi connectivity index (χ2n) is 4.55. The van der Waals surface area contributed by atoms with Gasteiger partial charge in [0.15, 0.2) is 0 Å². The lowest BCUT2D eigenvalue weighted by atomic mass is 9.92. The predicted molar refractivity (Wildman–Crippen MR) is 60.6 cm³/mol. The van der Waals surface area contributed by atoms with E-state index in [0.717, 1.165) is 25.9 Å². The summed E-state index contributed by atoms with van der Waals surface area (Å²) in [4.78, 5) is 2.17. The summed E-state index contributed by atoms with van der Waals surface area (Å²) in [5.74, 6) is 0.631. The zero-order valence-corrected chi connectivity index (χ0v) is 10.3. The molecule has 0 bridgehead atoms. The zero-order chi connectivity index (χ0) is 11.5. The maximum absolute atomic E-state index is 11.0. The molecule has 0 radical (unpaired) electrons. The van der Waals surface area contributed by atoms with Crippen LogP contribution in [0.3, 0.4) is 0 Å². The Hall–Kier alpha value is -0.130. The van der Waals surface area contributed by atoms with Crippen LogP contribution >= 0.6 is 0 Å². The van der Waals surface area contributed by atoms with Crippen molar-refractivity contribution in [2.24, 2.45) is 5.92 Å². The SMILES string of the molecule is CC(O)C1CCN(CCS(C)(=O)=O)CC1. The van der Waals surface area contributed by atoms with Crippen molar-refractivity contribution in [2.75, 3.05) is 31.6 Å². The molecule has 5 heteroatoms. The van der Waals surface area contributed by atoms with Gasteiger partial charge in [-0.05, 0) is 38.8 Å². The van der Waals surface area contributed by atoms with E-state index in [0.29, 0.717) is 12.5 Å². The summed E-state index contributed by atoms with van der Waals surface area (Å²) in [6, 6.07) is 0. The molecule has 1 aliphatic rings. The quantitative estimate of drug-likeness (QED) is 0.752. The van der Waals surface area contributed by atoms with E-state index in [-0.39, 0.29) is 11.9 Å². The normalized spacial score (nSPS) is 22.9. The summed E-state index contributed by atoms with van der Waals surface area (Å²) in [5, 5.41) is 9.41. The van der Waals surface area contributed by atoms with Crippen LogP contribution in [0.2, 0.25) is 0 Å². The molecule has 1 rings (SSSR count). The first-order chi connectivity index (χ1) is 6.88. The van der Waals surface area contributed by atoms with Crippen LogP contribution in [0.25, 0.3) is 0 Å². The number of piperidine rings is 1. The number of likely N-dealkylation sites (tertiary alicyclic amines) is 1. The minimum absolute atomic E-state index is 0.234. The van der Waals surface area contributed by atoms with Gasteiger partial charge in [0, 0.05) is 12.8 Å². The Kier molecular flexibility index (Phi) is 4.55. The van der Waals surface area contributed by atoms with Gasteiger partial charge in [0.1, 0.15) is 9.84 Å². The van der Waals surface area contributed by atoms with Crippen molar-refractivity contribution in [1.29, 1.82) is 0 Å². The lowest BCUT2D eigenvalue weighted by Gasteiger charge is -2.32. The van der Waals surface area contributed by atoms with Crippen molar-refractivity contribution < 1.29 is 13.5 Å². The number of sulfone groups is 1. The standard InChI is InChI=1S/C10H21NO3S/c1-9(12)10-3-5-11(6-4-10)7-8-15(2,13)14/h9-10,12H,3-8H2,1-2H3. The van der Waals surface area contributed by atoms with Gasteiger partial charge in [-0.3, -0.25) is 0 Å². The van der Waals surface area contributed by atoms with Crippen molar-refractivity contribution >= 4 is 9.84 Å². The van der Waals surface area contributed by atoms with Crippen LogP contribution in [0.5, 0.6) is 0 Å². The van der Waals surface area contributed by atoms with E-state index in [2.05, 4.69) is 4.90 Å². The Balaban J connectivity index is 2.26. The van der Waals surface area contributed by atoms with E-state index >= 15 is 0 Å². The van der Waals surface area contributed by atoms with E-state index < -0.39 is 9.84 Å². The average molecular weight is 235 g/mol. The summed E-state index contributed by atoms with van der Waals surface area (Å²) in [7, 11) is -2.84. The molecule has 0 amide bonds. The summed E-state index contributed by atoms with van der Waals surface area (Å²) < 4.78 is 22.0. The van der Waals surface area contributed by atoms with Crippen LogP contribution in [-0.4, -0.2) is 56.2 Å². The van der Waals surface area contributed by atoms with E-state index in [1.807, 2.05) is 6.92 Å².